The maximum atomic E-state index is 15.8. The number of non-ortho nitro benzene ring substituents is 1. The average molecular weight is 359 g/mol. The van der Waals surface area contributed by atoms with Crippen LogP contribution in [0.1, 0.15) is 28.9 Å². The van der Waals surface area contributed by atoms with Crippen LogP contribution in [0.5, 0.6) is 5.75 Å². The van der Waals surface area contributed by atoms with Gasteiger partial charge in [0.1, 0.15) is 5.75 Å². The number of fused-ring (bicyclic) bond motifs is 1. The Morgan fingerprint density at radius 3 is 2.54 bits per heavy atom. The molecule has 8 heteroatoms. The average Bonchev–Trinajstić information content (AvgIpc) is 2.65. The first kappa shape index (κ1) is 17.5. The number of para-hydroxylation sites is 1. The molecule has 2 aromatic rings. The van der Waals surface area contributed by atoms with Crippen LogP contribution in [0.2, 0.25) is 0 Å². The maximum absolute atomic E-state index is 15.8. The van der Waals surface area contributed by atoms with Crippen molar-refractivity contribution in [2.45, 2.75) is 18.7 Å². The second-order valence-electron chi connectivity index (χ2n) is 5.60. The quantitative estimate of drug-likeness (QED) is 0.360. The van der Waals surface area contributed by atoms with Crippen LogP contribution in [-0.4, -0.2) is 29.0 Å². The molecule has 0 spiro atoms. The number of benzene rings is 2. The number of hydrogen-bond acceptors (Lipinski definition) is 6. The second kappa shape index (κ2) is 6.55. The predicted octanol–water partition coefficient (Wildman–Crippen LogP) is 3.18. The zero-order valence-electron chi connectivity index (χ0n) is 13.7. The molecule has 0 unspecified atom stereocenters. The number of nitro benzene ring substituents is 1. The monoisotopic (exact) mass is 359 g/mol. The molecule has 0 aromatic heterocycles. The van der Waals surface area contributed by atoms with Crippen LogP contribution in [0.25, 0.3) is 0 Å². The largest absolute Gasteiger partial charge is 0.480 e. The Kier molecular flexibility index (Phi) is 4.41. The molecule has 0 saturated heterocycles. The highest BCUT2D eigenvalue weighted by Gasteiger charge is 2.60. The van der Waals surface area contributed by atoms with Gasteiger partial charge in [0.2, 0.25) is 5.78 Å². The summed E-state index contributed by atoms with van der Waals surface area (Å²) in [5, 5.41) is 10.8. The standard InChI is InChI=1S/C18H14FNO6/c1-2-25-17(22)18(19)15(21)13-5-3-4-6-14(13)26-16(18)11-7-9-12(10-8-11)20(23)24/h3-10,16H,2H2,1H3/t16-,18+/m1/s1. The molecule has 2 atom stereocenters. The number of ether oxygens (including phenoxy) is 2. The van der Waals surface area contributed by atoms with E-state index in [9.17, 15) is 19.7 Å². The number of carbonyl (C=O) groups is 2. The van der Waals surface area contributed by atoms with E-state index in [1.54, 1.807) is 6.07 Å². The molecular formula is C18H14FNO6. The summed E-state index contributed by atoms with van der Waals surface area (Å²) >= 11 is 0. The highest BCUT2D eigenvalue weighted by molar-refractivity contribution is 6.18. The van der Waals surface area contributed by atoms with Crippen molar-refractivity contribution >= 4 is 17.4 Å². The number of alkyl halides is 1. The number of Topliss-reactive ketones (excluding diaryl/α,β-unsaturated/α-hetero) is 1. The van der Waals surface area contributed by atoms with Gasteiger partial charge in [0.05, 0.1) is 17.1 Å². The maximum Gasteiger partial charge on any atom is 0.356 e. The fraction of sp³-hybridized carbons (Fsp3) is 0.222. The number of carbonyl (C=O) groups excluding carboxylic acids is 2. The van der Waals surface area contributed by atoms with E-state index in [0.717, 1.165) is 12.1 Å². The first-order valence-electron chi connectivity index (χ1n) is 7.80. The normalized spacial score (nSPS) is 21.5. The summed E-state index contributed by atoms with van der Waals surface area (Å²) in [6, 6.07) is 10.8. The van der Waals surface area contributed by atoms with E-state index in [4.69, 9.17) is 9.47 Å². The molecule has 26 heavy (non-hydrogen) atoms. The van der Waals surface area contributed by atoms with E-state index in [-0.39, 0.29) is 29.2 Å². The van der Waals surface area contributed by atoms with Crippen LogP contribution in [0.3, 0.4) is 0 Å². The molecule has 1 aliphatic heterocycles. The topological polar surface area (TPSA) is 95.7 Å². The highest BCUT2D eigenvalue weighted by atomic mass is 19.1. The van der Waals surface area contributed by atoms with E-state index in [0.29, 0.717) is 0 Å². The van der Waals surface area contributed by atoms with Crippen molar-refractivity contribution in [3.05, 3.63) is 69.8 Å². The van der Waals surface area contributed by atoms with E-state index in [1.165, 1.54) is 37.3 Å². The molecule has 1 heterocycles. The molecule has 0 saturated carbocycles. The number of nitrogens with zero attached hydrogens (tertiary/aromatic N) is 1. The van der Waals surface area contributed by atoms with Gasteiger partial charge in [0.25, 0.3) is 5.69 Å². The zero-order chi connectivity index (χ0) is 18.9. The van der Waals surface area contributed by atoms with Crippen LogP contribution in [0.4, 0.5) is 10.1 Å². The minimum absolute atomic E-state index is 0.0683. The van der Waals surface area contributed by atoms with Gasteiger partial charge in [-0.1, -0.05) is 12.1 Å². The van der Waals surface area contributed by atoms with Crippen LogP contribution < -0.4 is 4.74 Å². The molecule has 134 valence electrons. The lowest BCUT2D eigenvalue weighted by atomic mass is 9.83. The van der Waals surface area contributed by atoms with Gasteiger partial charge in [-0.05, 0) is 36.8 Å². The van der Waals surface area contributed by atoms with E-state index in [1.807, 2.05) is 0 Å². The number of rotatable bonds is 4. The van der Waals surface area contributed by atoms with Crippen molar-refractivity contribution in [2.24, 2.45) is 0 Å². The molecule has 7 nitrogen and oxygen atoms in total. The number of halogens is 1. The van der Waals surface area contributed by atoms with Gasteiger partial charge in [-0.2, -0.15) is 0 Å². The molecule has 0 amide bonds. The van der Waals surface area contributed by atoms with Gasteiger partial charge in [-0.3, -0.25) is 14.9 Å². The highest BCUT2D eigenvalue weighted by Crippen LogP contribution is 2.44. The van der Waals surface area contributed by atoms with Crippen molar-refractivity contribution in [2.75, 3.05) is 6.61 Å². The molecule has 3 rings (SSSR count). The van der Waals surface area contributed by atoms with Gasteiger partial charge in [0.15, 0.2) is 6.10 Å². The van der Waals surface area contributed by atoms with Crippen molar-refractivity contribution < 1.29 is 28.4 Å². The summed E-state index contributed by atoms with van der Waals surface area (Å²) in [4.78, 5) is 35.2. The molecule has 0 aliphatic carbocycles. The Morgan fingerprint density at radius 1 is 1.27 bits per heavy atom. The Balaban J connectivity index is 2.12. The number of esters is 1. The van der Waals surface area contributed by atoms with Crippen LogP contribution in [-0.2, 0) is 9.53 Å². The zero-order valence-corrected chi connectivity index (χ0v) is 13.7. The summed E-state index contributed by atoms with van der Waals surface area (Å²) in [5.74, 6) is -2.30. The third-order valence-electron chi connectivity index (χ3n) is 4.05. The summed E-state index contributed by atoms with van der Waals surface area (Å²) < 4.78 is 26.1. The first-order valence-corrected chi connectivity index (χ1v) is 7.80. The Bertz CT molecular complexity index is 882. The predicted molar refractivity (Wildman–Crippen MR) is 87.7 cm³/mol. The number of hydrogen-bond donors (Lipinski definition) is 0. The summed E-state index contributed by atoms with van der Waals surface area (Å²) in [5.41, 5.74) is -3.27. The molecule has 1 aliphatic rings. The lowest BCUT2D eigenvalue weighted by molar-refractivity contribution is -0.384. The number of nitro groups is 1. The third kappa shape index (κ3) is 2.69. The van der Waals surface area contributed by atoms with Crippen molar-refractivity contribution in [3.8, 4) is 5.75 Å². The number of ketones is 1. The first-order chi connectivity index (χ1) is 12.4. The fourth-order valence-corrected chi connectivity index (χ4v) is 2.78. The van der Waals surface area contributed by atoms with E-state index < -0.39 is 28.4 Å². The Labute approximate surface area is 147 Å². The van der Waals surface area contributed by atoms with Crippen LogP contribution >= 0.6 is 0 Å². The Hall–Kier alpha value is -3.29. The lowest BCUT2D eigenvalue weighted by Crippen LogP contribution is -2.53. The van der Waals surface area contributed by atoms with Gasteiger partial charge < -0.3 is 9.47 Å². The molecule has 0 radical (unpaired) electrons. The Morgan fingerprint density at radius 2 is 1.92 bits per heavy atom. The fourth-order valence-electron chi connectivity index (χ4n) is 2.78. The molecule has 0 bridgehead atoms. The van der Waals surface area contributed by atoms with E-state index in [2.05, 4.69) is 0 Å². The van der Waals surface area contributed by atoms with Crippen molar-refractivity contribution in [1.29, 1.82) is 0 Å². The lowest BCUT2D eigenvalue weighted by Gasteiger charge is -2.35. The smallest absolute Gasteiger partial charge is 0.356 e. The third-order valence-corrected chi connectivity index (χ3v) is 4.05. The van der Waals surface area contributed by atoms with Gasteiger partial charge in [-0.25, -0.2) is 9.18 Å². The summed E-state index contributed by atoms with van der Waals surface area (Å²) in [7, 11) is 0. The molecule has 0 fully saturated rings. The molecular weight excluding hydrogens is 345 g/mol. The summed E-state index contributed by atoms with van der Waals surface area (Å²) in [6.45, 7) is 1.37. The SMILES string of the molecule is CCOC(=O)[C@]1(F)C(=O)c2ccccc2O[C@@H]1c1ccc([N+](=O)[O-])cc1. The van der Waals surface area contributed by atoms with Crippen molar-refractivity contribution in [3.63, 3.8) is 0 Å². The van der Waals surface area contributed by atoms with Crippen molar-refractivity contribution in [1.82, 2.24) is 0 Å². The van der Waals surface area contributed by atoms with Gasteiger partial charge in [0, 0.05) is 12.1 Å². The minimum atomic E-state index is -3.10. The summed E-state index contributed by atoms with van der Waals surface area (Å²) in [6.07, 6.45) is -1.62. The van der Waals surface area contributed by atoms with Crippen LogP contribution in [0, 0.1) is 10.1 Å². The van der Waals surface area contributed by atoms with Crippen LogP contribution in [0.15, 0.2) is 48.5 Å². The molecule has 0 N–H and O–H groups in total. The molecule has 2 aromatic carbocycles. The van der Waals surface area contributed by atoms with E-state index >= 15 is 4.39 Å². The minimum Gasteiger partial charge on any atom is -0.480 e. The van der Waals surface area contributed by atoms with Gasteiger partial charge in [-0.15, -0.1) is 0 Å². The second-order valence-corrected chi connectivity index (χ2v) is 5.60. The van der Waals surface area contributed by atoms with Gasteiger partial charge >= 0.3 is 11.6 Å².